The smallest absolute Gasteiger partial charge is 0.410 e. The third-order valence-electron chi connectivity index (χ3n) is 15.8. The number of methoxy groups -OCH3 is 2. The molecule has 0 radical (unpaired) electrons. The topological polar surface area (TPSA) is 232 Å². The molecule has 3 heterocycles. The molecule has 21 heteroatoms. The minimum Gasteiger partial charge on any atom is -0.444 e. The van der Waals surface area contributed by atoms with Gasteiger partial charge in [-0.1, -0.05) is 89.9 Å². The second-order valence-electron chi connectivity index (χ2n) is 23.7. The van der Waals surface area contributed by atoms with Crippen molar-refractivity contribution in [2.75, 3.05) is 79.9 Å². The standard InChI is InChI=1S/C62H94N10O11/c1-14-42(4)55(68(11)59(79)54(41(2)3)66-60(67(9)10)69-34-36-70(37-35-69)61(80)83-62(6,7)8)49(81-12)39-53(76)71-33-21-24-48(71)56(82-13)43(5)57(77)65-47(38-44-22-17-15-18-23-44)58(78)64-46-28-26-45(27-29-46)40-63-50(73)25-19-16-20-32-72-51(74)30-31-52(72)75/h15,17-18,22-23,26-31,41-43,47-49,54-56H,14,16,19-21,24-25,32-40H2,1-13H3,(H,63,73)(H,64,78)(H,65,77)/b66-60+/t42-,43+,47-,48-,49+,54-,55-,56+/m0/s1. The molecule has 83 heavy (non-hydrogen) atoms. The number of piperazine rings is 1. The van der Waals surface area contributed by atoms with Crippen LogP contribution in [0.1, 0.15) is 118 Å². The number of imide groups is 1. The van der Waals surface area contributed by atoms with Crippen molar-refractivity contribution in [3.05, 3.63) is 77.9 Å². The third-order valence-corrected chi connectivity index (χ3v) is 15.8. The van der Waals surface area contributed by atoms with Crippen LogP contribution in [-0.4, -0.2) is 199 Å². The minimum absolute atomic E-state index is 0.0270. The van der Waals surface area contributed by atoms with Crippen molar-refractivity contribution in [3.8, 4) is 0 Å². The summed E-state index contributed by atoms with van der Waals surface area (Å²) in [4.78, 5) is 122. The number of unbranched alkanes of at least 4 members (excludes halogenated alkanes) is 2. The Morgan fingerprint density at radius 2 is 1.42 bits per heavy atom. The predicted molar refractivity (Wildman–Crippen MR) is 319 cm³/mol. The predicted octanol–water partition coefficient (Wildman–Crippen LogP) is 5.87. The van der Waals surface area contributed by atoms with Gasteiger partial charge in [0.2, 0.25) is 29.5 Å². The number of carbonyl (C=O) groups is 8. The van der Waals surface area contributed by atoms with Gasteiger partial charge < -0.3 is 54.7 Å². The van der Waals surface area contributed by atoms with Gasteiger partial charge in [0.05, 0.1) is 36.6 Å². The maximum absolute atomic E-state index is 14.8. The quantitative estimate of drug-likeness (QED) is 0.0412. The molecular weight excluding hydrogens is 1060 g/mol. The van der Waals surface area contributed by atoms with Crippen LogP contribution in [0, 0.1) is 17.8 Å². The monoisotopic (exact) mass is 1150 g/mol. The maximum Gasteiger partial charge on any atom is 0.410 e. The first-order valence-corrected chi connectivity index (χ1v) is 29.5. The zero-order valence-corrected chi connectivity index (χ0v) is 51.5. The van der Waals surface area contributed by atoms with Crippen LogP contribution in [0.5, 0.6) is 0 Å². The molecule has 8 atom stereocenters. The van der Waals surface area contributed by atoms with Gasteiger partial charge in [-0.15, -0.1) is 0 Å². The normalized spacial score (nSPS) is 18.3. The van der Waals surface area contributed by atoms with Gasteiger partial charge in [0, 0.05) is 112 Å². The fourth-order valence-electron chi connectivity index (χ4n) is 11.0. The van der Waals surface area contributed by atoms with Crippen LogP contribution in [0.2, 0.25) is 0 Å². The number of nitrogens with one attached hydrogen (secondary N) is 3. The molecular formula is C62H94N10O11. The Morgan fingerprint density at radius 1 is 0.783 bits per heavy atom. The number of nitrogens with zero attached hydrogens (tertiary/aromatic N) is 7. The SMILES string of the molecule is CC[C@H](C)[C@@H]([C@@H](CC(=O)N1CCC[C@H]1[C@H](OC)[C@@H](C)C(=O)N[C@@H](Cc1ccccc1)C(=O)Nc1ccc(CNC(=O)CCCCCN2C(=O)C=CC2=O)cc1)OC)N(C)C(=O)[C@@H](/N=C(\N(C)C)N1CCN(C(=O)OC(C)(C)C)CC1)C(C)C. The lowest BCUT2D eigenvalue weighted by molar-refractivity contribution is -0.146. The average Bonchev–Trinajstić information content (AvgIpc) is 4.27. The van der Waals surface area contributed by atoms with Gasteiger partial charge in [-0.2, -0.15) is 0 Å². The Morgan fingerprint density at radius 3 is 2.00 bits per heavy atom. The zero-order chi connectivity index (χ0) is 61.1. The number of guanidine groups is 1. The third kappa shape index (κ3) is 19.3. The molecule has 2 aromatic rings. The van der Waals surface area contributed by atoms with Gasteiger partial charge in [0.1, 0.15) is 17.7 Å². The molecule has 0 aliphatic carbocycles. The van der Waals surface area contributed by atoms with Gasteiger partial charge in [0.15, 0.2) is 5.96 Å². The Balaban J connectivity index is 1.21. The molecule has 5 rings (SSSR count). The first-order valence-electron chi connectivity index (χ1n) is 29.5. The van der Waals surface area contributed by atoms with Crippen LogP contribution < -0.4 is 16.0 Å². The summed E-state index contributed by atoms with van der Waals surface area (Å²) in [5.74, 6) is -2.38. The summed E-state index contributed by atoms with van der Waals surface area (Å²) in [6.45, 7) is 18.3. The molecule has 2 saturated heterocycles. The van der Waals surface area contributed by atoms with Crippen molar-refractivity contribution in [1.82, 2.24) is 40.0 Å². The Bertz CT molecular complexity index is 2540. The minimum atomic E-state index is -0.977. The number of likely N-dealkylation sites (N-methyl/N-ethyl adjacent to an activating group) is 1. The van der Waals surface area contributed by atoms with E-state index in [1.165, 1.54) is 24.2 Å². The average molecular weight is 1160 g/mol. The molecule has 3 aliphatic heterocycles. The Labute approximate surface area is 492 Å². The summed E-state index contributed by atoms with van der Waals surface area (Å²) in [7, 11) is 8.64. The molecule has 2 fully saturated rings. The maximum atomic E-state index is 14.8. The van der Waals surface area contributed by atoms with Crippen molar-refractivity contribution < 1.29 is 52.6 Å². The van der Waals surface area contributed by atoms with Crippen LogP contribution in [0.25, 0.3) is 0 Å². The lowest BCUT2D eigenvalue weighted by atomic mass is 9.89. The number of amides is 8. The first-order chi connectivity index (χ1) is 39.4. The van der Waals surface area contributed by atoms with Crippen LogP contribution in [0.4, 0.5) is 10.5 Å². The lowest BCUT2D eigenvalue weighted by Gasteiger charge is -2.41. The van der Waals surface area contributed by atoms with Gasteiger partial charge in [-0.05, 0) is 81.5 Å². The molecule has 3 N–H and O–H groups in total. The van der Waals surface area contributed by atoms with Gasteiger partial charge in [-0.25, -0.2) is 9.79 Å². The summed E-state index contributed by atoms with van der Waals surface area (Å²) in [5.41, 5.74) is 1.55. The van der Waals surface area contributed by atoms with E-state index < -0.39 is 59.7 Å². The van der Waals surface area contributed by atoms with E-state index >= 15 is 0 Å². The Hall–Kier alpha value is -6.87. The van der Waals surface area contributed by atoms with Gasteiger partial charge in [-0.3, -0.25) is 38.5 Å². The van der Waals surface area contributed by atoms with Crippen molar-refractivity contribution in [3.63, 3.8) is 0 Å². The number of carbonyl (C=O) groups excluding carboxylic acids is 8. The van der Waals surface area contributed by atoms with Crippen molar-refractivity contribution in [2.45, 2.75) is 162 Å². The highest BCUT2D eigenvalue weighted by Crippen LogP contribution is 2.30. The number of hydrogen-bond acceptors (Lipinski definition) is 12. The van der Waals surface area contributed by atoms with Gasteiger partial charge in [0.25, 0.3) is 11.8 Å². The van der Waals surface area contributed by atoms with E-state index in [-0.39, 0.29) is 66.9 Å². The number of aliphatic imine (C=N–C) groups is 1. The number of anilines is 1. The molecule has 21 nitrogen and oxygen atoms in total. The Kier molecular flexibility index (Phi) is 25.6. The molecule has 8 amide bonds. The number of hydrogen-bond donors (Lipinski definition) is 3. The van der Waals surface area contributed by atoms with Gasteiger partial charge >= 0.3 is 6.09 Å². The second-order valence-corrected chi connectivity index (χ2v) is 23.7. The second kappa shape index (κ2) is 31.7. The van der Waals surface area contributed by atoms with E-state index in [2.05, 4.69) is 27.8 Å². The lowest BCUT2D eigenvalue weighted by Crippen LogP contribution is -2.56. The van der Waals surface area contributed by atoms with Crippen LogP contribution >= 0.6 is 0 Å². The van der Waals surface area contributed by atoms with E-state index in [9.17, 15) is 38.4 Å². The molecule has 0 saturated carbocycles. The van der Waals surface area contributed by atoms with E-state index in [1.807, 2.05) is 90.9 Å². The van der Waals surface area contributed by atoms with E-state index in [1.54, 1.807) is 60.0 Å². The largest absolute Gasteiger partial charge is 0.444 e. The first kappa shape index (κ1) is 66.9. The summed E-state index contributed by atoms with van der Waals surface area (Å²) in [6, 6.07) is 13.8. The summed E-state index contributed by atoms with van der Waals surface area (Å²) >= 11 is 0. The molecule has 458 valence electrons. The summed E-state index contributed by atoms with van der Waals surface area (Å²) < 4.78 is 17.9. The highest BCUT2D eigenvalue weighted by atomic mass is 16.6. The van der Waals surface area contributed by atoms with Crippen molar-refractivity contribution >= 4 is 59.1 Å². The van der Waals surface area contributed by atoms with Crippen LogP contribution in [0.3, 0.4) is 0 Å². The molecule has 3 aliphatic rings. The van der Waals surface area contributed by atoms with E-state index in [4.69, 9.17) is 19.2 Å². The number of likely N-dealkylation sites (tertiary alicyclic amines) is 1. The van der Waals surface area contributed by atoms with Crippen molar-refractivity contribution in [2.24, 2.45) is 22.7 Å². The molecule has 0 unspecified atom stereocenters. The molecule has 2 aromatic carbocycles. The highest BCUT2D eigenvalue weighted by Gasteiger charge is 2.43. The zero-order valence-electron chi connectivity index (χ0n) is 51.5. The van der Waals surface area contributed by atoms with E-state index in [0.29, 0.717) is 95.9 Å². The fourth-order valence-corrected chi connectivity index (χ4v) is 11.0. The number of ether oxygens (including phenoxy) is 3. The summed E-state index contributed by atoms with van der Waals surface area (Å²) in [6.07, 6.45) is 5.13. The summed E-state index contributed by atoms with van der Waals surface area (Å²) in [5, 5.41) is 8.88. The van der Waals surface area contributed by atoms with E-state index in [0.717, 1.165) is 11.1 Å². The number of rotatable bonds is 27. The fraction of sp³-hybridized carbons (Fsp3) is 0.629. The molecule has 0 aromatic heterocycles. The molecule has 0 bridgehead atoms. The van der Waals surface area contributed by atoms with Crippen molar-refractivity contribution in [1.29, 1.82) is 0 Å². The molecule has 0 spiro atoms. The van der Waals surface area contributed by atoms with Crippen LogP contribution in [-0.2, 0) is 60.7 Å². The highest BCUT2D eigenvalue weighted by molar-refractivity contribution is 6.12. The number of benzene rings is 2. The van der Waals surface area contributed by atoms with Crippen LogP contribution in [0.15, 0.2) is 71.7 Å².